The van der Waals surface area contributed by atoms with Crippen molar-refractivity contribution >= 4 is 28.6 Å². The number of carbonyl (C=O) groups is 1. The summed E-state index contributed by atoms with van der Waals surface area (Å²) in [6.07, 6.45) is 8.24. The standard InChI is InChI=1S/C28H35N5O2.C2H6/c34-27(32-16-6-1-2-7-17-32)22-11-10-12-23(21-22)35-20-15-29-26-24-13-4-5-14-25(24)30-28(31-26)33-18-8-3-9-19-33;1-2/h4-5,10-14,21H,1-3,6-9,15-20H2,(H,29,30,31);1-2H3. The fraction of sp³-hybridized carbons (Fsp3) is 0.500. The van der Waals surface area contributed by atoms with Gasteiger partial charge in [-0.3, -0.25) is 4.79 Å². The minimum atomic E-state index is 0.105. The highest BCUT2D eigenvalue weighted by Crippen LogP contribution is 2.25. The van der Waals surface area contributed by atoms with Crippen LogP contribution in [0.2, 0.25) is 0 Å². The minimum Gasteiger partial charge on any atom is -0.492 e. The summed E-state index contributed by atoms with van der Waals surface area (Å²) in [6, 6.07) is 15.7. The van der Waals surface area contributed by atoms with Crippen LogP contribution in [0.1, 0.15) is 69.2 Å². The van der Waals surface area contributed by atoms with Crippen LogP contribution in [0.5, 0.6) is 5.75 Å². The number of para-hydroxylation sites is 1. The van der Waals surface area contributed by atoms with Gasteiger partial charge in [0.25, 0.3) is 5.91 Å². The molecular formula is C30H41N5O2. The van der Waals surface area contributed by atoms with E-state index in [2.05, 4.69) is 16.3 Å². The van der Waals surface area contributed by atoms with E-state index in [0.717, 1.165) is 61.7 Å². The van der Waals surface area contributed by atoms with Gasteiger partial charge in [0, 0.05) is 37.1 Å². The molecule has 2 aliphatic rings. The van der Waals surface area contributed by atoms with E-state index < -0.39 is 0 Å². The first kappa shape index (κ1) is 26.7. The molecule has 0 saturated carbocycles. The number of rotatable bonds is 7. The summed E-state index contributed by atoms with van der Waals surface area (Å²) in [7, 11) is 0. The second-order valence-corrected chi connectivity index (χ2v) is 9.45. The van der Waals surface area contributed by atoms with Crippen LogP contribution in [0.25, 0.3) is 10.9 Å². The van der Waals surface area contributed by atoms with Crippen LogP contribution in [-0.4, -0.2) is 60.1 Å². The molecule has 0 bridgehead atoms. The number of nitrogens with zero attached hydrogens (tertiary/aromatic N) is 4. The quantitative estimate of drug-likeness (QED) is 0.390. The van der Waals surface area contributed by atoms with Crippen molar-refractivity contribution in [1.82, 2.24) is 14.9 Å². The van der Waals surface area contributed by atoms with Crippen molar-refractivity contribution in [1.29, 1.82) is 0 Å². The Hall–Kier alpha value is -3.35. The Labute approximate surface area is 221 Å². The van der Waals surface area contributed by atoms with Crippen LogP contribution in [0.4, 0.5) is 11.8 Å². The highest BCUT2D eigenvalue weighted by atomic mass is 16.5. The molecular weight excluding hydrogens is 462 g/mol. The highest BCUT2D eigenvalue weighted by Gasteiger charge is 2.18. The second-order valence-electron chi connectivity index (χ2n) is 9.45. The molecule has 0 radical (unpaired) electrons. The zero-order chi connectivity index (χ0) is 25.9. The lowest BCUT2D eigenvalue weighted by Crippen LogP contribution is -2.31. The van der Waals surface area contributed by atoms with E-state index in [9.17, 15) is 4.79 Å². The molecule has 1 aromatic heterocycles. The van der Waals surface area contributed by atoms with Crippen molar-refractivity contribution < 1.29 is 9.53 Å². The zero-order valence-electron chi connectivity index (χ0n) is 22.4. The largest absolute Gasteiger partial charge is 0.492 e. The number of likely N-dealkylation sites (tertiary alicyclic amines) is 1. The number of nitrogens with one attached hydrogen (secondary N) is 1. The van der Waals surface area contributed by atoms with Gasteiger partial charge in [0.1, 0.15) is 18.2 Å². The summed E-state index contributed by atoms with van der Waals surface area (Å²) in [6.45, 7) is 8.78. The zero-order valence-corrected chi connectivity index (χ0v) is 22.4. The molecule has 3 aromatic rings. The van der Waals surface area contributed by atoms with Gasteiger partial charge in [0.2, 0.25) is 5.95 Å². The molecule has 0 spiro atoms. The Balaban J connectivity index is 0.00000156. The number of hydrogen-bond donors (Lipinski definition) is 1. The van der Waals surface area contributed by atoms with Crippen LogP contribution >= 0.6 is 0 Å². The van der Waals surface area contributed by atoms with E-state index in [4.69, 9.17) is 14.7 Å². The molecule has 2 aliphatic heterocycles. The topological polar surface area (TPSA) is 70.6 Å². The monoisotopic (exact) mass is 503 g/mol. The molecule has 7 nitrogen and oxygen atoms in total. The molecule has 0 atom stereocenters. The van der Waals surface area contributed by atoms with Crippen molar-refractivity contribution in [2.24, 2.45) is 0 Å². The Morgan fingerprint density at radius 1 is 0.865 bits per heavy atom. The van der Waals surface area contributed by atoms with Gasteiger partial charge < -0.3 is 19.9 Å². The van der Waals surface area contributed by atoms with Crippen LogP contribution < -0.4 is 15.0 Å². The molecule has 0 aliphatic carbocycles. The molecule has 2 fully saturated rings. The van der Waals surface area contributed by atoms with E-state index in [1.54, 1.807) is 0 Å². The third-order valence-electron chi connectivity index (χ3n) is 6.87. The smallest absolute Gasteiger partial charge is 0.253 e. The molecule has 2 saturated heterocycles. The predicted octanol–water partition coefficient (Wildman–Crippen LogP) is 6.15. The van der Waals surface area contributed by atoms with Crippen LogP contribution in [0, 0.1) is 0 Å². The van der Waals surface area contributed by atoms with Gasteiger partial charge >= 0.3 is 0 Å². The third kappa shape index (κ3) is 7.12. The number of aromatic nitrogens is 2. The summed E-state index contributed by atoms with van der Waals surface area (Å²) < 4.78 is 6.00. The van der Waals surface area contributed by atoms with E-state index in [-0.39, 0.29) is 5.91 Å². The van der Waals surface area contributed by atoms with E-state index in [0.29, 0.717) is 24.5 Å². The molecule has 5 rings (SSSR count). The second kappa shape index (κ2) is 13.8. The number of hydrogen-bond acceptors (Lipinski definition) is 6. The van der Waals surface area contributed by atoms with Gasteiger partial charge in [-0.25, -0.2) is 4.98 Å². The molecule has 2 aromatic carbocycles. The summed E-state index contributed by atoms with van der Waals surface area (Å²) in [5.74, 6) is 2.46. The fourth-order valence-corrected chi connectivity index (χ4v) is 4.95. The van der Waals surface area contributed by atoms with Gasteiger partial charge in [0.15, 0.2) is 0 Å². The average molecular weight is 504 g/mol. The van der Waals surface area contributed by atoms with Crippen molar-refractivity contribution in [3.8, 4) is 5.75 Å². The number of benzene rings is 2. The number of piperidine rings is 1. The Kier molecular flexibility index (Phi) is 9.97. The summed E-state index contributed by atoms with van der Waals surface area (Å²) in [5.41, 5.74) is 1.65. The molecule has 1 amide bonds. The van der Waals surface area contributed by atoms with Crippen molar-refractivity contribution in [2.75, 3.05) is 49.5 Å². The third-order valence-corrected chi connectivity index (χ3v) is 6.87. The van der Waals surface area contributed by atoms with Crippen molar-refractivity contribution in [2.45, 2.75) is 58.8 Å². The lowest BCUT2D eigenvalue weighted by atomic mass is 10.1. The number of fused-ring (bicyclic) bond motifs is 1. The van der Waals surface area contributed by atoms with Crippen LogP contribution in [-0.2, 0) is 0 Å². The fourth-order valence-electron chi connectivity index (χ4n) is 4.95. The molecule has 3 heterocycles. The first-order valence-electron chi connectivity index (χ1n) is 14.1. The number of anilines is 2. The first-order chi connectivity index (χ1) is 18.3. The average Bonchev–Trinajstić information content (AvgIpc) is 3.26. The number of carbonyl (C=O) groups excluding carboxylic acids is 1. The predicted molar refractivity (Wildman–Crippen MR) is 152 cm³/mol. The highest BCUT2D eigenvalue weighted by molar-refractivity contribution is 5.94. The molecule has 7 heteroatoms. The maximum absolute atomic E-state index is 12.9. The molecule has 1 N–H and O–H groups in total. The lowest BCUT2D eigenvalue weighted by molar-refractivity contribution is 0.0761. The van der Waals surface area contributed by atoms with Crippen LogP contribution in [0.15, 0.2) is 48.5 Å². The van der Waals surface area contributed by atoms with E-state index in [1.165, 1.54) is 32.1 Å². The molecule has 198 valence electrons. The van der Waals surface area contributed by atoms with Crippen molar-refractivity contribution in [3.63, 3.8) is 0 Å². The number of amides is 1. The summed E-state index contributed by atoms with van der Waals surface area (Å²) >= 11 is 0. The SMILES string of the molecule is CC.O=C(c1cccc(OCCNc2nc(N3CCCCC3)nc3ccccc23)c1)N1CCCCCC1. The van der Waals surface area contributed by atoms with Gasteiger partial charge in [-0.2, -0.15) is 4.98 Å². The van der Waals surface area contributed by atoms with Gasteiger partial charge in [-0.05, 0) is 62.4 Å². The van der Waals surface area contributed by atoms with Gasteiger partial charge in [-0.1, -0.05) is 44.9 Å². The normalized spacial score (nSPS) is 15.9. The van der Waals surface area contributed by atoms with Gasteiger partial charge in [0.05, 0.1) is 12.1 Å². The molecule has 0 unspecified atom stereocenters. The van der Waals surface area contributed by atoms with Gasteiger partial charge in [-0.15, -0.1) is 0 Å². The number of ether oxygens (including phenoxy) is 1. The molecule has 37 heavy (non-hydrogen) atoms. The van der Waals surface area contributed by atoms with E-state index in [1.807, 2.05) is 61.2 Å². The lowest BCUT2D eigenvalue weighted by Gasteiger charge is -2.27. The minimum absolute atomic E-state index is 0.105. The summed E-state index contributed by atoms with van der Waals surface area (Å²) in [5, 5.41) is 4.47. The summed E-state index contributed by atoms with van der Waals surface area (Å²) in [4.78, 5) is 26.9. The first-order valence-corrected chi connectivity index (χ1v) is 14.1. The Morgan fingerprint density at radius 3 is 2.35 bits per heavy atom. The van der Waals surface area contributed by atoms with Crippen molar-refractivity contribution in [3.05, 3.63) is 54.1 Å². The maximum atomic E-state index is 12.9. The van der Waals surface area contributed by atoms with Crippen LogP contribution in [0.3, 0.4) is 0 Å². The Bertz CT molecular complexity index is 1140. The Morgan fingerprint density at radius 2 is 1.57 bits per heavy atom. The maximum Gasteiger partial charge on any atom is 0.253 e. The van der Waals surface area contributed by atoms with E-state index >= 15 is 0 Å².